The van der Waals surface area contributed by atoms with Crippen LogP contribution in [0.3, 0.4) is 0 Å². The highest BCUT2D eigenvalue weighted by molar-refractivity contribution is 5.67. The molecule has 1 aromatic rings. The van der Waals surface area contributed by atoms with Gasteiger partial charge in [0.15, 0.2) is 0 Å². The molecule has 28 heavy (non-hydrogen) atoms. The van der Waals surface area contributed by atoms with E-state index in [1.165, 1.54) is 24.5 Å². The van der Waals surface area contributed by atoms with E-state index in [9.17, 15) is 9.90 Å². The van der Waals surface area contributed by atoms with Crippen molar-refractivity contribution in [3.63, 3.8) is 0 Å². The minimum atomic E-state index is -0.473. The molecule has 0 aliphatic heterocycles. The maximum absolute atomic E-state index is 12.0. The third-order valence-electron chi connectivity index (χ3n) is 9.42. The number of ether oxygens (including phenoxy) is 2. The van der Waals surface area contributed by atoms with Crippen LogP contribution in [0.1, 0.15) is 69.4 Å². The van der Waals surface area contributed by atoms with Crippen molar-refractivity contribution >= 4 is 5.97 Å². The van der Waals surface area contributed by atoms with Gasteiger partial charge >= 0.3 is 5.97 Å². The highest BCUT2D eigenvalue weighted by Gasteiger charge is 2.78. The number of esters is 1. The Morgan fingerprint density at radius 3 is 2.79 bits per heavy atom. The van der Waals surface area contributed by atoms with Crippen LogP contribution < -0.4 is 4.74 Å². The Hall–Kier alpha value is -1.55. The van der Waals surface area contributed by atoms with Gasteiger partial charge in [-0.2, -0.15) is 0 Å². The van der Waals surface area contributed by atoms with Crippen LogP contribution in [-0.4, -0.2) is 30.4 Å². The van der Waals surface area contributed by atoms with Crippen LogP contribution in [-0.2, 0) is 16.0 Å². The van der Waals surface area contributed by atoms with Crippen LogP contribution in [0.25, 0.3) is 0 Å². The van der Waals surface area contributed by atoms with Gasteiger partial charge in [0, 0.05) is 24.9 Å². The van der Waals surface area contributed by atoms with Gasteiger partial charge in [-0.3, -0.25) is 4.79 Å². The molecule has 4 nitrogen and oxygen atoms in total. The van der Waals surface area contributed by atoms with Crippen molar-refractivity contribution in [3.05, 3.63) is 29.3 Å². The van der Waals surface area contributed by atoms with E-state index >= 15 is 0 Å². The predicted octanol–water partition coefficient (Wildman–Crippen LogP) is 4.24. The Labute approximate surface area is 167 Å². The smallest absolute Gasteiger partial charge is 0.303 e. The normalized spacial score (nSPS) is 43.1. The van der Waals surface area contributed by atoms with E-state index in [4.69, 9.17) is 9.47 Å². The first-order valence-electron chi connectivity index (χ1n) is 10.9. The molecule has 0 unspecified atom stereocenters. The molecule has 0 radical (unpaired) electrons. The number of benzene rings is 1. The number of hydrogen-bond donors (Lipinski definition) is 1. The first-order valence-corrected chi connectivity index (χ1v) is 10.9. The molecule has 1 N–H and O–H groups in total. The first kappa shape index (κ1) is 18.5. The summed E-state index contributed by atoms with van der Waals surface area (Å²) < 4.78 is 11.6. The molecular weight excluding hydrogens is 352 g/mol. The third-order valence-corrected chi connectivity index (χ3v) is 9.42. The summed E-state index contributed by atoms with van der Waals surface area (Å²) in [7, 11) is 1.74. The number of rotatable bonds is 3. The summed E-state index contributed by atoms with van der Waals surface area (Å²) in [6.07, 6.45) is 7.53. The molecule has 4 aliphatic rings. The standard InChI is InChI=1S/C24H32O4/c1-15(26)28-24-11-10-23(13-17(24)14-25)21-7-4-16-12-18(27-3)5-6-19(16)20(21)8-9-22(23,24)2/h5-6,12,17,20-21,25H,4,7-11,13-14H2,1-3H3/t17-,20-,21-,22+,23-,24-/m1/s1. The summed E-state index contributed by atoms with van der Waals surface area (Å²) in [5.74, 6) is 2.02. The number of carbonyl (C=O) groups is 1. The van der Waals surface area contributed by atoms with Crippen LogP contribution in [0.2, 0.25) is 0 Å². The van der Waals surface area contributed by atoms with E-state index in [2.05, 4.69) is 25.1 Å². The highest BCUT2D eigenvalue weighted by Crippen LogP contribution is 2.79. The van der Waals surface area contributed by atoms with Gasteiger partial charge < -0.3 is 14.6 Å². The van der Waals surface area contributed by atoms with E-state index in [1.54, 1.807) is 7.11 Å². The highest BCUT2D eigenvalue weighted by atomic mass is 16.6. The fraction of sp³-hybridized carbons (Fsp3) is 0.708. The summed E-state index contributed by atoms with van der Waals surface area (Å²) >= 11 is 0. The molecule has 3 fully saturated rings. The number of aliphatic hydroxyl groups is 1. The molecule has 6 atom stereocenters. The lowest BCUT2D eigenvalue weighted by atomic mass is 9.48. The zero-order chi connectivity index (χ0) is 19.7. The fourth-order valence-corrected chi connectivity index (χ4v) is 8.37. The second-order valence-corrected chi connectivity index (χ2v) is 9.91. The van der Waals surface area contributed by atoms with E-state index < -0.39 is 5.60 Å². The molecule has 2 bridgehead atoms. The van der Waals surface area contributed by atoms with Crippen LogP contribution in [0.4, 0.5) is 0 Å². The SMILES string of the molecule is COc1ccc2c(c1)CC[C@@H]1[C@@H]2CC[C@@]2(C)[C@@]13CC[C@@]2(OC(C)=O)[C@@H](CO)C3. The minimum absolute atomic E-state index is 0.0236. The van der Waals surface area contributed by atoms with Crippen LogP contribution in [0.5, 0.6) is 5.75 Å². The van der Waals surface area contributed by atoms with Crippen molar-refractivity contribution in [1.82, 2.24) is 0 Å². The number of aryl methyl sites for hydroxylation is 1. The molecule has 1 aromatic carbocycles. The van der Waals surface area contributed by atoms with E-state index in [1.807, 2.05) is 0 Å². The molecule has 0 aromatic heterocycles. The average molecular weight is 385 g/mol. The fourth-order valence-electron chi connectivity index (χ4n) is 8.37. The third kappa shape index (κ3) is 2.03. The molecule has 0 heterocycles. The van der Waals surface area contributed by atoms with E-state index in [0.717, 1.165) is 44.3 Å². The Morgan fingerprint density at radius 2 is 2.07 bits per heavy atom. The van der Waals surface area contributed by atoms with Gasteiger partial charge in [0.1, 0.15) is 11.4 Å². The number of hydrogen-bond acceptors (Lipinski definition) is 4. The second kappa shape index (κ2) is 5.98. The molecule has 3 saturated carbocycles. The number of aliphatic hydroxyl groups excluding tert-OH is 1. The van der Waals surface area contributed by atoms with Gasteiger partial charge in [-0.1, -0.05) is 13.0 Å². The van der Waals surface area contributed by atoms with Crippen LogP contribution >= 0.6 is 0 Å². The molecule has 0 amide bonds. The second-order valence-electron chi connectivity index (χ2n) is 9.91. The maximum Gasteiger partial charge on any atom is 0.303 e. The molecule has 152 valence electrons. The molecule has 0 saturated heterocycles. The van der Waals surface area contributed by atoms with Gasteiger partial charge in [-0.25, -0.2) is 0 Å². The van der Waals surface area contributed by atoms with Crippen LogP contribution in [0, 0.1) is 22.7 Å². The largest absolute Gasteiger partial charge is 0.497 e. The molecule has 0 spiro atoms. The summed E-state index contributed by atoms with van der Waals surface area (Å²) in [6.45, 7) is 4.02. The van der Waals surface area contributed by atoms with E-state index in [-0.39, 0.29) is 29.3 Å². The predicted molar refractivity (Wildman–Crippen MR) is 106 cm³/mol. The monoisotopic (exact) mass is 384 g/mol. The minimum Gasteiger partial charge on any atom is -0.497 e. The zero-order valence-corrected chi connectivity index (χ0v) is 17.3. The quantitative estimate of drug-likeness (QED) is 0.792. The van der Waals surface area contributed by atoms with Crippen molar-refractivity contribution in [2.45, 2.75) is 70.3 Å². The summed E-state index contributed by atoms with van der Waals surface area (Å²) in [6, 6.07) is 6.62. The van der Waals surface area contributed by atoms with Crippen molar-refractivity contribution in [1.29, 1.82) is 0 Å². The van der Waals surface area contributed by atoms with Gasteiger partial charge in [-0.05, 0) is 85.5 Å². The van der Waals surface area contributed by atoms with Crippen molar-refractivity contribution in [2.75, 3.05) is 13.7 Å². The maximum atomic E-state index is 12.0. The topological polar surface area (TPSA) is 55.8 Å². The lowest BCUT2D eigenvalue weighted by Gasteiger charge is -2.57. The number of carbonyl (C=O) groups excluding carboxylic acids is 1. The molecule has 4 aliphatic carbocycles. The summed E-state index contributed by atoms with van der Waals surface area (Å²) in [4.78, 5) is 12.0. The Kier molecular flexibility index (Phi) is 3.94. The summed E-state index contributed by atoms with van der Waals surface area (Å²) in [5, 5.41) is 10.2. The Balaban J connectivity index is 1.58. The van der Waals surface area contributed by atoms with Gasteiger partial charge in [0.25, 0.3) is 0 Å². The average Bonchev–Trinajstić information content (AvgIpc) is 3.06. The first-order chi connectivity index (χ1) is 13.4. The van der Waals surface area contributed by atoms with Gasteiger partial charge in [0.05, 0.1) is 7.11 Å². The van der Waals surface area contributed by atoms with Gasteiger partial charge in [-0.15, -0.1) is 0 Å². The molecule has 5 rings (SSSR count). The molecule has 4 heteroatoms. The number of fused-ring (bicyclic) bond motifs is 3. The van der Waals surface area contributed by atoms with Crippen LogP contribution in [0.15, 0.2) is 18.2 Å². The van der Waals surface area contributed by atoms with Crippen molar-refractivity contribution in [3.8, 4) is 5.75 Å². The lowest BCUT2D eigenvalue weighted by Crippen LogP contribution is -2.54. The van der Waals surface area contributed by atoms with Crippen molar-refractivity contribution < 1.29 is 19.4 Å². The van der Waals surface area contributed by atoms with Crippen molar-refractivity contribution in [2.24, 2.45) is 22.7 Å². The zero-order valence-electron chi connectivity index (χ0n) is 17.3. The Bertz CT molecular complexity index is 819. The van der Waals surface area contributed by atoms with E-state index in [0.29, 0.717) is 11.8 Å². The molecular formula is C24H32O4. The summed E-state index contributed by atoms with van der Waals surface area (Å²) in [5.41, 5.74) is 2.63. The number of methoxy groups -OCH3 is 1. The Morgan fingerprint density at radius 1 is 1.25 bits per heavy atom. The lowest BCUT2D eigenvalue weighted by molar-refractivity contribution is -0.182. The van der Waals surface area contributed by atoms with Gasteiger partial charge in [0.2, 0.25) is 0 Å².